The van der Waals surface area contributed by atoms with Gasteiger partial charge in [-0.3, -0.25) is 4.90 Å². The highest BCUT2D eigenvalue weighted by Gasteiger charge is 2.17. The number of sulfonamides is 1. The number of nitrogens with zero attached hydrogens (tertiary/aromatic N) is 3. The first-order valence-corrected chi connectivity index (χ1v) is 10.0. The molecule has 2 aromatic carbocycles. The van der Waals surface area contributed by atoms with E-state index in [1.165, 1.54) is 12.1 Å². The lowest BCUT2D eigenvalue weighted by Gasteiger charge is -2.23. The summed E-state index contributed by atoms with van der Waals surface area (Å²) in [5.74, 6) is 1.09. The lowest BCUT2D eigenvalue weighted by molar-refractivity contribution is 0.216. The van der Waals surface area contributed by atoms with Crippen LogP contribution in [0.3, 0.4) is 0 Å². The number of primary sulfonamides is 1. The minimum atomic E-state index is -3.69. The standard InChI is InChI=1S/C19H22N4O3S/c1-13-6-4-5-7-17(13)19-21-18(26-22-19)12-23(3)14(2)15-8-10-16(11-9-15)27(20,24)25/h4-11,14H,12H2,1-3H3,(H2,20,24,25). The summed E-state index contributed by atoms with van der Waals surface area (Å²) in [5.41, 5.74) is 2.99. The molecule has 0 fully saturated rings. The number of nitrogens with two attached hydrogens (primary N) is 1. The molecular formula is C19H22N4O3S. The normalized spacial score (nSPS) is 13.1. The molecular weight excluding hydrogens is 364 g/mol. The highest BCUT2D eigenvalue weighted by Crippen LogP contribution is 2.23. The average molecular weight is 386 g/mol. The zero-order valence-corrected chi connectivity index (χ0v) is 16.3. The maximum Gasteiger partial charge on any atom is 0.241 e. The van der Waals surface area contributed by atoms with E-state index in [1.54, 1.807) is 12.1 Å². The van der Waals surface area contributed by atoms with E-state index in [1.807, 2.05) is 50.1 Å². The Morgan fingerprint density at radius 2 is 1.81 bits per heavy atom. The van der Waals surface area contributed by atoms with Crippen molar-refractivity contribution in [2.45, 2.75) is 31.3 Å². The molecule has 0 bridgehead atoms. The third-order valence-electron chi connectivity index (χ3n) is 4.59. The van der Waals surface area contributed by atoms with Crippen molar-refractivity contribution in [3.8, 4) is 11.4 Å². The second-order valence-corrected chi connectivity index (χ2v) is 8.09. The van der Waals surface area contributed by atoms with Crippen molar-refractivity contribution in [2.24, 2.45) is 5.14 Å². The molecule has 1 heterocycles. The average Bonchev–Trinajstić information content (AvgIpc) is 3.09. The highest BCUT2D eigenvalue weighted by molar-refractivity contribution is 7.89. The lowest BCUT2D eigenvalue weighted by atomic mass is 10.1. The zero-order valence-electron chi connectivity index (χ0n) is 15.5. The number of aryl methyl sites for hydroxylation is 1. The van der Waals surface area contributed by atoms with Crippen LogP contribution >= 0.6 is 0 Å². The maximum atomic E-state index is 11.4. The number of aromatic nitrogens is 2. The Labute approximate surface area is 158 Å². The van der Waals surface area contributed by atoms with E-state index >= 15 is 0 Å². The van der Waals surface area contributed by atoms with E-state index in [-0.39, 0.29) is 10.9 Å². The van der Waals surface area contributed by atoms with Crippen LogP contribution in [0.5, 0.6) is 0 Å². The van der Waals surface area contributed by atoms with Gasteiger partial charge in [0, 0.05) is 11.6 Å². The van der Waals surface area contributed by atoms with Crippen molar-refractivity contribution in [3.05, 3.63) is 65.5 Å². The van der Waals surface area contributed by atoms with Gasteiger partial charge in [0.25, 0.3) is 0 Å². The van der Waals surface area contributed by atoms with Crippen molar-refractivity contribution in [1.82, 2.24) is 15.0 Å². The van der Waals surface area contributed by atoms with Crippen LogP contribution < -0.4 is 5.14 Å². The van der Waals surface area contributed by atoms with E-state index in [0.717, 1.165) is 16.7 Å². The Hall–Kier alpha value is -2.55. The van der Waals surface area contributed by atoms with Crippen molar-refractivity contribution >= 4 is 10.0 Å². The molecule has 2 N–H and O–H groups in total. The second kappa shape index (κ2) is 7.59. The SMILES string of the molecule is Cc1ccccc1-c1noc(CN(C)C(C)c2ccc(S(N)(=O)=O)cc2)n1. The quantitative estimate of drug-likeness (QED) is 0.699. The highest BCUT2D eigenvalue weighted by atomic mass is 32.2. The lowest BCUT2D eigenvalue weighted by Crippen LogP contribution is -2.22. The first-order chi connectivity index (χ1) is 12.8. The summed E-state index contributed by atoms with van der Waals surface area (Å²) < 4.78 is 28.1. The molecule has 8 heteroatoms. The molecule has 1 atom stereocenters. The van der Waals surface area contributed by atoms with Gasteiger partial charge in [0.2, 0.25) is 21.7 Å². The van der Waals surface area contributed by atoms with Crippen molar-refractivity contribution < 1.29 is 12.9 Å². The summed E-state index contributed by atoms with van der Waals surface area (Å²) in [5, 5.41) is 9.22. The van der Waals surface area contributed by atoms with Gasteiger partial charge in [-0.05, 0) is 44.2 Å². The molecule has 0 spiro atoms. The van der Waals surface area contributed by atoms with Gasteiger partial charge in [-0.1, -0.05) is 41.6 Å². The third kappa shape index (κ3) is 4.41. The smallest absolute Gasteiger partial charge is 0.241 e. The fourth-order valence-corrected chi connectivity index (χ4v) is 3.31. The fourth-order valence-electron chi connectivity index (χ4n) is 2.79. The molecule has 3 rings (SSSR count). The predicted molar refractivity (Wildman–Crippen MR) is 102 cm³/mol. The molecule has 0 saturated heterocycles. The molecule has 0 aliphatic heterocycles. The fraction of sp³-hybridized carbons (Fsp3) is 0.263. The second-order valence-electron chi connectivity index (χ2n) is 6.53. The summed E-state index contributed by atoms with van der Waals surface area (Å²) in [6, 6.07) is 14.4. The Morgan fingerprint density at radius 1 is 1.15 bits per heavy atom. The van der Waals surface area contributed by atoms with Gasteiger partial charge in [-0.15, -0.1) is 0 Å². The van der Waals surface area contributed by atoms with Gasteiger partial charge in [-0.2, -0.15) is 4.98 Å². The van der Waals surface area contributed by atoms with Crippen LogP contribution in [0.15, 0.2) is 57.9 Å². The molecule has 0 aliphatic rings. The molecule has 27 heavy (non-hydrogen) atoms. The Bertz CT molecular complexity index is 1030. The van der Waals surface area contributed by atoms with Crippen LogP contribution in [0.1, 0.15) is 30.0 Å². The minimum absolute atomic E-state index is 0.0216. The summed E-state index contributed by atoms with van der Waals surface area (Å²) in [7, 11) is -1.75. The molecule has 0 saturated carbocycles. The number of rotatable bonds is 6. The molecule has 1 aromatic heterocycles. The molecule has 0 radical (unpaired) electrons. The summed E-state index contributed by atoms with van der Waals surface area (Å²) >= 11 is 0. The Morgan fingerprint density at radius 3 is 2.44 bits per heavy atom. The molecule has 1 unspecified atom stereocenters. The van der Waals surface area contributed by atoms with Crippen LogP contribution in [-0.2, 0) is 16.6 Å². The van der Waals surface area contributed by atoms with Crippen LogP contribution in [0, 0.1) is 6.92 Å². The van der Waals surface area contributed by atoms with Gasteiger partial charge in [0.15, 0.2) is 0 Å². The van der Waals surface area contributed by atoms with Gasteiger partial charge in [0.1, 0.15) is 0 Å². The molecule has 0 aliphatic carbocycles. The van der Waals surface area contributed by atoms with E-state index in [4.69, 9.17) is 9.66 Å². The first kappa shape index (κ1) is 19.2. The summed E-state index contributed by atoms with van der Waals surface area (Å²) in [6.07, 6.45) is 0. The van der Waals surface area contributed by atoms with E-state index in [9.17, 15) is 8.42 Å². The maximum absolute atomic E-state index is 11.4. The zero-order chi connectivity index (χ0) is 19.6. The topological polar surface area (TPSA) is 102 Å². The van der Waals surface area contributed by atoms with Crippen LogP contribution in [0.25, 0.3) is 11.4 Å². The number of hydrogen-bond acceptors (Lipinski definition) is 6. The van der Waals surface area contributed by atoms with Gasteiger partial charge in [-0.25, -0.2) is 13.6 Å². The number of hydrogen-bond donors (Lipinski definition) is 1. The van der Waals surface area contributed by atoms with Crippen molar-refractivity contribution in [2.75, 3.05) is 7.05 Å². The van der Waals surface area contributed by atoms with Gasteiger partial charge in [0.05, 0.1) is 11.4 Å². The van der Waals surface area contributed by atoms with Crippen molar-refractivity contribution in [1.29, 1.82) is 0 Å². The number of benzene rings is 2. The van der Waals surface area contributed by atoms with E-state index < -0.39 is 10.0 Å². The summed E-state index contributed by atoms with van der Waals surface area (Å²) in [6.45, 7) is 4.49. The first-order valence-electron chi connectivity index (χ1n) is 8.47. The largest absolute Gasteiger partial charge is 0.338 e. The minimum Gasteiger partial charge on any atom is -0.338 e. The van der Waals surface area contributed by atoms with Crippen molar-refractivity contribution in [3.63, 3.8) is 0 Å². The molecule has 3 aromatic rings. The Kier molecular flexibility index (Phi) is 5.41. The van der Waals surface area contributed by atoms with Crippen LogP contribution in [0.4, 0.5) is 0 Å². The van der Waals surface area contributed by atoms with Crippen LogP contribution in [0.2, 0.25) is 0 Å². The molecule has 0 amide bonds. The predicted octanol–water partition coefficient (Wildman–Crippen LogP) is 2.89. The van der Waals surface area contributed by atoms with E-state index in [0.29, 0.717) is 18.3 Å². The third-order valence-corrected chi connectivity index (χ3v) is 5.52. The van der Waals surface area contributed by atoms with Gasteiger partial charge >= 0.3 is 0 Å². The van der Waals surface area contributed by atoms with Crippen LogP contribution in [-0.4, -0.2) is 30.5 Å². The molecule has 7 nitrogen and oxygen atoms in total. The molecule has 142 valence electrons. The van der Waals surface area contributed by atoms with Gasteiger partial charge < -0.3 is 4.52 Å². The monoisotopic (exact) mass is 386 g/mol. The van der Waals surface area contributed by atoms with E-state index in [2.05, 4.69) is 10.1 Å². The summed E-state index contributed by atoms with van der Waals surface area (Å²) in [4.78, 5) is 6.63. The Balaban J connectivity index is 1.72.